The number of methoxy groups -OCH3 is 2. The molecule has 1 fully saturated rings. The molecule has 0 aliphatic carbocycles. The quantitative estimate of drug-likeness (QED) is 0.683. The maximum absolute atomic E-state index is 13.1. The van der Waals surface area contributed by atoms with Crippen LogP contribution >= 0.6 is 0 Å². The van der Waals surface area contributed by atoms with Crippen molar-refractivity contribution in [1.29, 1.82) is 0 Å². The minimum atomic E-state index is -3.79. The largest absolute Gasteiger partial charge is 0.497 e. The van der Waals surface area contributed by atoms with Crippen LogP contribution < -0.4 is 23.7 Å². The number of hydrogen-bond acceptors (Lipinski definition) is 7. The predicted molar refractivity (Wildman–Crippen MR) is 111 cm³/mol. The van der Waals surface area contributed by atoms with Crippen LogP contribution in [-0.2, 0) is 10.0 Å². The molecule has 0 spiro atoms. The summed E-state index contributed by atoms with van der Waals surface area (Å²) in [4.78, 5) is 2.38. The van der Waals surface area contributed by atoms with Crippen LogP contribution in [0.1, 0.15) is 24.4 Å². The van der Waals surface area contributed by atoms with Crippen molar-refractivity contribution in [3.05, 3.63) is 42.0 Å². The highest BCUT2D eigenvalue weighted by Gasteiger charge is 2.28. The number of benzene rings is 2. The second-order valence-corrected chi connectivity index (χ2v) is 8.98. The van der Waals surface area contributed by atoms with Gasteiger partial charge in [-0.2, -0.15) is 0 Å². The molecule has 2 aromatic rings. The van der Waals surface area contributed by atoms with Crippen LogP contribution in [0.15, 0.2) is 41.3 Å². The molecular weight excluding hydrogens is 408 g/mol. The van der Waals surface area contributed by atoms with E-state index < -0.39 is 10.0 Å². The Kier molecular flexibility index (Phi) is 6.03. The van der Waals surface area contributed by atoms with E-state index in [0.717, 1.165) is 31.5 Å². The molecule has 0 bridgehead atoms. The molecule has 4 rings (SSSR count). The second kappa shape index (κ2) is 8.71. The predicted octanol–water partition coefficient (Wildman–Crippen LogP) is 2.55. The highest BCUT2D eigenvalue weighted by Crippen LogP contribution is 2.36. The van der Waals surface area contributed by atoms with Crippen LogP contribution in [0.2, 0.25) is 0 Å². The fraction of sp³-hybridized carbons (Fsp3) is 0.429. The van der Waals surface area contributed by atoms with Gasteiger partial charge in [-0.25, -0.2) is 13.1 Å². The minimum absolute atomic E-state index is 0.0802. The summed E-state index contributed by atoms with van der Waals surface area (Å²) in [6.07, 6.45) is 2.19. The Bertz CT molecular complexity index is 1000. The zero-order chi connectivity index (χ0) is 21.1. The van der Waals surface area contributed by atoms with E-state index in [4.69, 9.17) is 18.9 Å². The number of likely N-dealkylation sites (tertiary alicyclic amines) is 1. The van der Waals surface area contributed by atoms with Crippen molar-refractivity contribution in [2.24, 2.45) is 0 Å². The second-order valence-electron chi connectivity index (χ2n) is 7.24. The lowest BCUT2D eigenvalue weighted by atomic mass is 10.1. The van der Waals surface area contributed by atoms with Crippen molar-refractivity contribution in [3.8, 4) is 23.0 Å². The molecule has 1 saturated heterocycles. The van der Waals surface area contributed by atoms with Gasteiger partial charge in [0, 0.05) is 18.7 Å². The molecule has 2 aromatic carbocycles. The fourth-order valence-electron chi connectivity index (χ4n) is 3.89. The summed E-state index contributed by atoms with van der Waals surface area (Å²) >= 11 is 0. The summed E-state index contributed by atoms with van der Waals surface area (Å²) in [7, 11) is -0.826. The number of hydrogen-bond donors (Lipinski definition) is 1. The van der Waals surface area contributed by atoms with E-state index in [9.17, 15) is 8.42 Å². The Morgan fingerprint density at radius 2 is 1.80 bits per heavy atom. The Labute approximate surface area is 176 Å². The van der Waals surface area contributed by atoms with E-state index in [1.807, 2.05) is 18.2 Å². The van der Waals surface area contributed by atoms with Gasteiger partial charge in [0.05, 0.1) is 14.2 Å². The molecule has 2 heterocycles. The van der Waals surface area contributed by atoms with Crippen molar-refractivity contribution < 1.29 is 27.4 Å². The maximum Gasteiger partial charge on any atom is 0.244 e. The molecule has 0 radical (unpaired) electrons. The first kappa shape index (κ1) is 20.8. The van der Waals surface area contributed by atoms with Gasteiger partial charge in [-0.3, -0.25) is 4.90 Å². The first-order valence-electron chi connectivity index (χ1n) is 9.87. The Morgan fingerprint density at radius 1 is 1.03 bits per heavy atom. The fourth-order valence-corrected chi connectivity index (χ4v) is 5.08. The molecule has 1 N–H and O–H groups in total. The molecule has 0 saturated carbocycles. The van der Waals surface area contributed by atoms with Crippen LogP contribution in [0.4, 0.5) is 0 Å². The van der Waals surface area contributed by atoms with Gasteiger partial charge in [0.25, 0.3) is 0 Å². The van der Waals surface area contributed by atoms with Gasteiger partial charge in [-0.15, -0.1) is 0 Å². The number of rotatable bonds is 8. The van der Waals surface area contributed by atoms with Crippen LogP contribution in [0, 0.1) is 0 Å². The number of nitrogens with one attached hydrogen (secondary N) is 1. The van der Waals surface area contributed by atoms with Crippen LogP contribution in [0.25, 0.3) is 0 Å². The molecule has 1 atom stereocenters. The molecule has 0 amide bonds. The minimum Gasteiger partial charge on any atom is -0.497 e. The standard InChI is InChI=1S/C21H26N2O6S/c1-26-16-6-8-21(20(12-16)27-2)30(24,25)22-13-17(23-9-3-4-10-23)15-5-7-18-19(11-15)29-14-28-18/h5-8,11-12,17,22H,3-4,9-10,13-14H2,1-2H3. The molecule has 8 nitrogen and oxygen atoms in total. The first-order chi connectivity index (χ1) is 14.5. The third-order valence-corrected chi connectivity index (χ3v) is 6.95. The van der Waals surface area contributed by atoms with Crippen LogP contribution in [0.5, 0.6) is 23.0 Å². The summed E-state index contributed by atoms with van der Waals surface area (Å²) < 4.78 is 50.2. The van der Waals surface area contributed by atoms with E-state index in [2.05, 4.69) is 9.62 Å². The summed E-state index contributed by atoms with van der Waals surface area (Å²) in [6, 6.07) is 10.3. The van der Waals surface area contributed by atoms with Gasteiger partial charge in [0.15, 0.2) is 11.5 Å². The van der Waals surface area contributed by atoms with Crippen molar-refractivity contribution in [2.45, 2.75) is 23.8 Å². The lowest BCUT2D eigenvalue weighted by Crippen LogP contribution is -2.36. The summed E-state index contributed by atoms with van der Waals surface area (Å²) in [5.74, 6) is 2.17. The van der Waals surface area contributed by atoms with E-state index in [-0.39, 0.29) is 30.0 Å². The number of nitrogens with zero attached hydrogens (tertiary/aromatic N) is 1. The topological polar surface area (TPSA) is 86.3 Å². The molecule has 2 aliphatic heterocycles. The lowest BCUT2D eigenvalue weighted by Gasteiger charge is -2.28. The monoisotopic (exact) mass is 434 g/mol. The van der Waals surface area contributed by atoms with Crippen molar-refractivity contribution >= 4 is 10.0 Å². The SMILES string of the molecule is COc1ccc(S(=O)(=O)NCC(c2ccc3c(c2)OCO3)N2CCCC2)c(OC)c1. The van der Waals surface area contributed by atoms with Crippen molar-refractivity contribution in [1.82, 2.24) is 9.62 Å². The Morgan fingerprint density at radius 3 is 2.53 bits per heavy atom. The van der Waals surface area contributed by atoms with Crippen LogP contribution in [-0.4, -0.2) is 54.0 Å². The third kappa shape index (κ3) is 4.19. The van der Waals surface area contributed by atoms with E-state index >= 15 is 0 Å². The molecular formula is C21H26N2O6S. The Hall–Kier alpha value is -2.49. The molecule has 30 heavy (non-hydrogen) atoms. The van der Waals surface area contributed by atoms with E-state index in [0.29, 0.717) is 17.2 Å². The van der Waals surface area contributed by atoms with Crippen molar-refractivity contribution in [3.63, 3.8) is 0 Å². The number of fused-ring (bicyclic) bond motifs is 1. The number of ether oxygens (including phenoxy) is 4. The first-order valence-corrected chi connectivity index (χ1v) is 11.4. The molecule has 0 aromatic heterocycles. The zero-order valence-electron chi connectivity index (χ0n) is 17.1. The molecule has 162 valence electrons. The highest BCUT2D eigenvalue weighted by molar-refractivity contribution is 7.89. The van der Waals surface area contributed by atoms with E-state index in [1.165, 1.54) is 20.3 Å². The smallest absolute Gasteiger partial charge is 0.244 e. The third-order valence-electron chi connectivity index (χ3n) is 5.49. The Balaban J connectivity index is 1.58. The summed E-state index contributed by atoms with van der Waals surface area (Å²) in [6.45, 7) is 2.29. The zero-order valence-corrected chi connectivity index (χ0v) is 17.9. The number of sulfonamides is 1. The average molecular weight is 435 g/mol. The van der Waals surface area contributed by atoms with Gasteiger partial charge in [-0.05, 0) is 55.8 Å². The summed E-state index contributed by atoms with van der Waals surface area (Å²) in [5, 5.41) is 0. The van der Waals surface area contributed by atoms with Crippen molar-refractivity contribution in [2.75, 3.05) is 40.6 Å². The van der Waals surface area contributed by atoms with Gasteiger partial charge in [-0.1, -0.05) is 6.07 Å². The normalized spacial score (nSPS) is 17.1. The van der Waals surface area contributed by atoms with Gasteiger partial charge >= 0.3 is 0 Å². The van der Waals surface area contributed by atoms with Gasteiger partial charge < -0.3 is 18.9 Å². The van der Waals surface area contributed by atoms with Gasteiger partial charge in [0.2, 0.25) is 16.8 Å². The highest BCUT2D eigenvalue weighted by atomic mass is 32.2. The molecule has 2 aliphatic rings. The van der Waals surface area contributed by atoms with E-state index in [1.54, 1.807) is 12.1 Å². The molecule has 1 unspecified atom stereocenters. The maximum atomic E-state index is 13.1. The average Bonchev–Trinajstić information content (AvgIpc) is 3.45. The lowest BCUT2D eigenvalue weighted by molar-refractivity contribution is 0.173. The molecule has 9 heteroatoms. The summed E-state index contributed by atoms with van der Waals surface area (Å²) in [5.41, 5.74) is 0.991. The van der Waals surface area contributed by atoms with Crippen LogP contribution in [0.3, 0.4) is 0 Å². The van der Waals surface area contributed by atoms with Gasteiger partial charge in [0.1, 0.15) is 16.4 Å².